The molecule has 2 aromatic rings. The van der Waals surface area contributed by atoms with Gasteiger partial charge in [-0.1, -0.05) is 30.3 Å². The fourth-order valence-electron chi connectivity index (χ4n) is 4.09. The van der Waals surface area contributed by atoms with Crippen molar-refractivity contribution in [1.82, 2.24) is 10.6 Å². The van der Waals surface area contributed by atoms with Crippen LogP contribution in [0.4, 0.5) is 23.7 Å². The average Bonchev–Trinajstić information content (AvgIpc) is 2.79. The maximum atomic E-state index is 14.3. The second-order valence-corrected chi connectivity index (χ2v) is 8.77. The van der Waals surface area contributed by atoms with Crippen LogP contribution >= 0.6 is 0 Å². The normalized spacial score (nSPS) is 17.2. The molecule has 194 valence electrons. The number of alkyl carbamates (subject to hydrolysis) is 1. The maximum Gasteiger partial charge on any atom is 0.407 e. The number of benzene rings is 2. The molecule has 3 unspecified atom stereocenters. The summed E-state index contributed by atoms with van der Waals surface area (Å²) in [6.07, 6.45) is -3.54. The van der Waals surface area contributed by atoms with E-state index in [0.717, 1.165) is 24.1 Å². The van der Waals surface area contributed by atoms with E-state index in [1.165, 1.54) is 19.1 Å². The van der Waals surface area contributed by atoms with E-state index in [2.05, 4.69) is 15.4 Å². The third kappa shape index (κ3) is 6.14. The number of halogens is 3. The molecule has 3 N–H and O–H groups in total. The highest BCUT2D eigenvalue weighted by molar-refractivity contribution is 6.05. The number of methoxy groups -OCH3 is 1. The van der Waals surface area contributed by atoms with E-state index in [-0.39, 0.29) is 5.69 Å². The Labute approximate surface area is 206 Å². The maximum absolute atomic E-state index is 14.3. The molecule has 3 rings (SSSR count). The van der Waals surface area contributed by atoms with Crippen LogP contribution in [0.1, 0.15) is 36.9 Å². The third-order valence-electron chi connectivity index (χ3n) is 5.96. The number of amides is 3. The number of rotatable bonds is 8. The minimum absolute atomic E-state index is 0.0420. The summed E-state index contributed by atoms with van der Waals surface area (Å²) < 4.78 is 45.7. The van der Waals surface area contributed by atoms with Crippen molar-refractivity contribution in [2.75, 3.05) is 12.0 Å². The van der Waals surface area contributed by atoms with Crippen molar-refractivity contribution in [3.8, 4) is 0 Å². The van der Waals surface area contributed by atoms with Crippen molar-refractivity contribution in [3.05, 3.63) is 65.5 Å². The number of hydrogen-bond donors (Lipinski definition) is 3. The molecule has 1 fully saturated rings. The van der Waals surface area contributed by atoms with Crippen molar-refractivity contribution in [2.45, 2.75) is 56.8 Å². The third-order valence-corrected chi connectivity index (χ3v) is 5.96. The van der Waals surface area contributed by atoms with Gasteiger partial charge in [-0.05, 0) is 43.2 Å². The fourth-order valence-corrected chi connectivity index (χ4v) is 4.09. The van der Waals surface area contributed by atoms with Crippen LogP contribution in [0.25, 0.3) is 0 Å². The number of carbonyl (C=O) groups excluding carboxylic acids is 3. The zero-order chi connectivity index (χ0) is 26.6. The summed E-state index contributed by atoms with van der Waals surface area (Å²) in [6.45, 7) is 2.95. The van der Waals surface area contributed by atoms with Crippen molar-refractivity contribution >= 4 is 23.6 Å². The molecule has 0 radical (unpaired) electrons. The van der Waals surface area contributed by atoms with Gasteiger partial charge in [0.25, 0.3) is 11.8 Å². The number of nitrogens with zero attached hydrogens (tertiary/aromatic N) is 1. The van der Waals surface area contributed by atoms with E-state index in [1.54, 1.807) is 31.2 Å². The first-order valence-corrected chi connectivity index (χ1v) is 11.3. The lowest BCUT2D eigenvalue weighted by molar-refractivity contribution is -0.133. The highest BCUT2D eigenvalue weighted by Crippen LogP contribution is 2.38. The first-order valence-electron chi connectivity index (χ1n) is 11.3. The molecule has 1 aliphatic rings. The van der Waals surface area contributed by atoms with Crippen LogP contribution in [0.3, 0.4) is 0 Å². The minimum atomic E-state index is -2.89. The number of nitrogens with one attached hydrogen (secondary N) is 2. The molecule has 36 heavy (non-hydrogen) atoms. The zero-order valence-electron chi connectivity index (χ0n) is 20.0. The molecule has 8 nitrogen and oxygen atoms in total. The summed E-state index contributed by atoms with van der Waals surface area (Å²) in [5, 5.41) is 15.1. The Balaban J connectivity index is 2.13. The molecule has 0 heterocycles. The van der Waals surface area contributed by atoms with Gasteiger partial charge in [0.1, 0.15) is 17.9 Å². The molecular weight excluding hydrogens is 479 g/mol. The predicted octanol–water partition coefficient (Wildman–Crippen LogP) is 3.23. The number of aliphatic hydroxyl groups excluding tert-OH is 1. The first kappa shape index (κ1) is 27.0. The van der Waals surface area contributed by atoms with E-state index in [1.807, 2.05) is 0 Å². The second kappa shape index (κ2) is 11.0. The number of hydrogen-bond acceptors (Lipinski definition) is 5. The standard InChI is InChI=1S/C25H28F3N3O5/c1-14-7-4-5-10-19(14)21(22(33)29-17-12-25(27,28)13-17)31(18-9-6-8-16(26)11-18)23(34)20(15(2)32)30-24(35)36-3/h4-11,15,17,20-21,32H,12-13H2,1-3H3,(H,29,33)(H,30,35). The Hall–Kier alpha value is -3.60. The van der Waals surface area contributed by atoms with Crippen LogP contribution in [-0.2, 0) is 14.3 Å². The summed E-state index contributed by atoms with van der Waals surface area (Å²) in [5.74, 6) is -5.31. The number of alkyl halides is 2. The van der Waals surface area contributed by atoms with E-state index in [0.29, 0.717) is 11.1 Å². The van der Waals surface area contributed by atoms with Crippen LogP contribution in [0.5, 0.6) is 0 Å². The lowest BCUT2D eigenvalue weighted by Crippen LogP contribution is -2.58. The van der Waals surface area contributed by atoms with E-state index >= 15 is 0 Å². The molecule has 0 bridgehead atoms. The van der Waals surface area contributed by atoms with Gasteiger partial charge < -0.3 is 20.5 Å². The van der Waals surface area contributed by atoms with Crippen LogP contribution in [0.2, 0.25) is 0 Å². The van der Waals surface area contributed by atoms with E-state index in [9.17, 15) is 32.7 Å². The van der Waals surface area contributed by atoms with E-state index < -0.39 is 66.7 Å². The molecule has 0 spiro atoms. The smallest absolute Gasteiger partial charge is 0.407 e. The molecule has 3 amide bonds. The van der Waals surface area contributed by atoms with Gasteiger partial charge in [-0.25, -0.2) is 18.0 Å². The Morgan fingerprint density at radius 3 is 2.36 bits per heavy atom. The van der Waals surface area contributed by atoms with Gasteiger partial charge >= 0.3 is 6.09 Å². The Bertz CT molecular complexity index is 1120. The summed E-state index contributed by atoms with van der Waals surface area (Å²) in [7, 11) is 1.07. The Morgan fingerprint density at radius 2 is 1.81 bits per heavy atom. The SMILES string of the molecule is COC(=O)NC(C(=O)N(c1cccc(F)c1)C(C(=O)NC1CC(F)(F)C1)c1ccccc1C)C(C)O. The fraction of sp³-hybridized carbons (Fsp3) is 0.400. The molecular formula is C25H28F3N3O5. The Kier molecular flexibility index (Phi) is 8.24. The van der Waals surface area contributed by atoms with Crippen molar-refractivity contribution in [1.29, 1.82) is 0 Å². The highest BCUT2D eigenvalue weighted by atomic mass is 19.3. The Morgan fingerprint density at radius 1 is 1.14 bits per heavy atom. The summed E-state index contributed by atoms with van der Waals surface area (Å²) in [4.78, 5) is 40.2. The molecule has 11 heteroatoms. The van der Waals surface area contributed by atoms with Crippen LogP contribution in [0, 0.1) is 12.7 Å². The van der Waals surface area contributed by atoms with Crippen LogP contribution in [0.15, 0.2) is 48.5 Å². The van der Waals surface area contributed by atoms with Gasteiger partial charge in [-0.2, -0.15) is 0 Å². The monoisotopic (exact) mass is 507 g/mol. The second-order valence-electron chi connectivity index (χ2n) is 8.77. The lowest BCUT2D eigenvalue weighted by Gasteiger charge is -2.39. The summed E-state index contributed by atoms with van der Waals surface area (Å²) in [5.41, 5.74) is 0.904. The number of carbonyl (C=O) groups is 3. The van der Waals surface area contributed by atoms with Crippen LogP contribution in [-0.4, -0.2) is 54.2 Å². The van der Waals surface area contributed by atoms with Gasteiger partial charge in [-0.15, -0.1) is 0 Å². The van der Waals surface area contributed by atoms with Gasteiger partial charge in [0.05, 0.1) is 13.2 Å². The van der Waals surface area contributed by atoms with E-state index in [4.69, 9.17) is 0 Å². The molecule has 3 atom stereocenters. The number of aryl methyl sites for hydroxylation is 1. The molecule has 0 saturated heterocycles. The quantitative estimate of drug-likeness (QED) is 0.509. The van der Waals surface area contributed by atoms with Gasteiger partial charge in [0.2, 0.25) is 5.91 Å². The summed E-state index contributed by atoms with van der Waals surface area (Å²) in [6, 6.07) is 7.67. The minimum Gasteiger partial charge on any atom is -0.453 e. The summed E-state index contributed by atoms with van der Waals surface area (Å²) >= 11 is 0. The lowest BCUT2D eigenvalue weighted by atomic mass is 9.87. The number of anilines is 1. The zero-order valence-corrected chi connectivity index (χ0v) is 20.0. The van der Waals surface area contributed by atoms with Crippen LogP contribution < -0.4 is 15.5 Å². The molecule has 0 aromatic heterocycles. The first-order chi connectivity index (χ1) is 16.9. The molecule has 1 aliphatic carbocycles. The largest absolute Gasteiger partial charge is 0.453 e. The van der Waals surface area contributed by atoms with Crippen molar-refractivity contribution < 1.29 is 37.4 Å². The van der Waals surface area contributed by atoms with Crippen molar-refractivity contribution in [2.24, 2.45) is 0 Å². The molecule has 0 aliphatic heterocycles. The number of ether oxygens (including phenoxy) is 1. The van der Waals surface area contributed by atoms with Gasteiger partial charge in [-0.3, -0.25) is 14.5 Å². The highest BCUT2D eigenvalue weighted by Gasteiger charge is 2.47. The predicted molar refractivity (Wildman–Crippen MR) is 125 cm³/mol. The topological polar surface area (TPSA) is 108 Å². The average molecular weight is 508 g/mol. The van der Waals surface area contributed by atoms with Crippen molar-refractivity contribution in [3.63, 3.8) is 0 Å². The number of aliphatic hydroxyl groups is 1. The molecule has 2 aromatic carbocycles. The molecule has 1 saturated carbocycles. The van der Waals surface area contributed by atoms with Gasteiger partial charge in [0.15, 0.2) is 0 Å². The van der Waals surface area contributed by atoms with Gasteiger partial charge in [0, 0.05) is 24.6 Å².